The summed E-state index contributed by atoms with van der Waals surface area (Å²) in [5, 5.41) is 3.37. The van der Waals surface area contributed by atoms with Gasteiger partial charge in [-0.3, -0.25) is 0 Å². The summed E-state index contributed by atoms with van der Waals surface area (Å²) in [6, 6.07) is 60.9. The van der Waals surface area contributed by atoms with E-state index in [9.17, 15) is 0 Å². The van der Waals surface area contributed by atoms with Crippen LogP contribution >= 0.6 is 22.7 Å². The Morgan fingerprint density at radius 2 is 0.857 bits per heavy atom. The first-order chi connectivity index (χ1) is 27.7. The maximum Gasteiger partial charge on any atom is 0.164 e. The van der Waals surface area contributed by atoms with Crippen LogP contribution < -0.4 is 0 Å². The Balaban J connectivity index is 1.10. The minimum atomic E-state index is 0.636. The molecule has 7 aromatic carbocycles. The molecule has 0 N–H and O–H groups in total. The number of fused-ring (bicyclic) bond motifs is 6. The van der Waals surface area contributed by atoms with E-state index in [1.54, 1.807) is 22.7 Å². The Kier molecular flexibility index (Phi) is 7.79. The average molecular weight is 752 g/mol. The van der Waals surface area contributed by atoms with Crippen molar-refractivity contribution >= 4 is 63.1 Å². The fraction of sp³-hybridized carbons (Fsp3) is 0. The molecule has 11 rings (SSSR count). The van der Waals surface area contributed by atoms with Crippen LogP contribution in [-0.2, 0) is 0 Å². The molecule has 0 fully saturated rings. The Morgan fingerprint density at radius 1 is 0.321 bits per heavy atom. The molecule has 0 radical (unpaired) electrons. The fourth-order valence-electron chi connectivity index (χ4n) is 7.45. The molecule has 0 saturated heterocycles. The Labute approximate surface area is 330 Å². The molecular weight excluding hydrogens is 723 g/mol. The molecular formula is C49H29N5S2. The quantitative estimate of drug-likeness (QED) is 0.169. The van der Waals surface area contributed by atoms with E-state index in [4.69, 9.17) is 24.9 Å². The van der Waals surface area contributed by atoms with E-state index in [0.717, 1.165) is 64.6 Å². The largest absolute Gasteiger partial charge is 0.226 e. The van der Waals surface area contributed by atoms with Crippen LogP contribution in [0.25, 0.3) is 108 Å². The van der Waals surface area contributed by atoms with Crippen molar-refractivity contribution in [3.63, 3.8) is 0 Å². The summed E-state index contributed by atoms with van der Waals surface area (Å²) in [5.74, 6) is 2.61. The summed E-state index contributed by atoms with van der Waals surface area (Å²) in [7, 11) is 0. The molecule has 7 heteroatoms. The second-order valence-corrected chi connectivity index (χ2v) is 15.8. The molecule has 0 spiro atoms. The van der Waals surface area contributed by atoms with Crippen molar-refractivity contribution in [2.24, 2.45) is 0 Å². The van der Waals surface area contributed by atoms with Gasteiger partial charge in [-0.15, -0.1) is 22.7 Å². The normalized spacial score (nSPS) is 11.6. The van der Waals surface area contributed by atoms with Crippen molar-refractivity contribution < 1.29 is 0 Å². The van der Waals surface area contributed by atoms with Crippen LogP contribution in [0.3, 0.4) is 0 Å². The molecule has 4 aromatic heterocycles. The lowest BCUT2D eigenvalue weighted by atomic mass is 10.0. The molecule has 4 heterocycles. The summed E-state index contributed by atoms with van der Waals surface area (Å²) in [6.07, 6.45) is 0. The van der Waals surface area contributed by atoms with Crippen molar-refractivity contribution in [1.82, 2.24) is 24.9 Å². The van der Waals surface area contributed by atoms with Gasteiger partial charge in [0.05, 0.1) is 15.9 Å². The van der Waals surface area contributed by atoms with Crippen LogP contribution in [0.4, 0.5) is 0 Å². The van der Waals surface area contributed by atoms with Gasteiger partial charge in [0.25, 0.3) is 0 Å². The molecule has 0 amide bonds. The van der Waals surface area contributed by atoms with Gasteiger partial charge < -0.3 is 0 Å². The van der Waals surface area contributed by atoms with Crippen LogP contribution in [0, 0.1) is 0 Å². The molecule has 0 aliphatic carbocycles. The highest BCUT2D eigenvalue weighted by Gasteiger charge is 2.20. The van der Waals surface area contributed by atoms with Crippen molar-refractivity contribution in [2.75, 3.05) is 0 Å². The van der Waals surface area contributed by atoms with Gasteiger partial charge in [-0.1, -0.05) is 146 Å². The highest BCUT2D eigenvalue weighted by molar-refractivity contribution is 7.26. The zero-order chi connectivity index (χ0) is 37.0. The van der Waals surface area contributed by atoms with E-state index in [1.807, 2.05) is 66.7 Å². The molecule has 56 heavy (non-hydrogen) atoms. The van der Waals surface area contributed by atoms with Gasteiger partial charge in [0, 0.05) is 58.1 Å². The molecule has 0 atom stereocenters. The van der Waals surface area contributed by atoms with E-state index in [0.29, 0.717) is 23.3 Å². The maximum absolute atomic E-state index is 5.35. The Bertz CT molecular complexity index is 3170. The summed E-state index contributed by atoms with van der Waals surface area (Å²) in [4.78, 5) is 25.8. The van der Waals surface area contributed by atoms with Gasteiger partial charge in [-0.05, 0) is 41.5 Å². The summed E-state index contributed by atoms with van der Waals surface area (Å²) >= 11 is 3.52. The fourth-order valence-corrected chi connectivity index (χ4v) is 9.71. The third-order valence-electron chi connectivity index (χ3n) is 10.2. The lowest BCUT2D eigenvalue weighted by molar-refractivity contribution is 1.08. The SMILES string of the molecule is c1ccc(-c2ccc(-c3nc(-c4ccc5sc6cccc(-c7nc(-c8ccccc8)nc(-c8ccccc8)n7)c6c5c4)nc4c3sc3ccccc34)cc2)cc1. The average Bonchev–Trinajstić information content (AvgIpc) is 3.85. The minimum absolute atomic E-state index is 0.636. The Hall–Kier alpha value is -6.93. The predicted molar refractivity (Wildman–Crippen MR) is 234 cm³/mol. The summed E-state index contributed by atoms with van der Waals surface area (Å²) in [5.41, 5.74) is 9.14. The van der Waals surface area contributed by atoms with Gasteiger partial charge in [-0.2, -0.15) is 0 Å². The van der Waals surface area contributed by atoms with Crippen molar-refractivity contribution in [3.05, 3.63) is 176 Å². The van der Waals surface area contributed by atoms with Gasteiger partial charge in [-0.25, -0.2) is 24.9 Å². The van der Waals surface area contributed by atoms with E-state index in [-0.39, 0.29) is 0 Å². The molecule has 0 saturated carbocycles. The standard InChI is InChI=1S/C49H29N5S2/c1-4-13-30(14-5-1)31-23-25-32(26-24-31)43-45-44(36-19-10-11-21-39(36)56-45)51-48(50-43)35-27-28-40-38(29-35)42-37(20-12-22-41(42)55-40)49-53-46(33-15-6-2-7-16-33)52-47(54-49)34-17-8-3-9-18-34/h1-29H. The Morgan fingerprint density at radius 3 is 1.57 bits per heavy atom. The summed E-state index contributed by atoms with van der Waals surface area (Å²) in [6.45, 7) is 0. The van der Waals surface area contributed by atoms with Crippen LogP contribution in [0.2, 0.25) is 0 Å². The number of benzene rings is 7. The number of rotatable bonds is 6. The number of thiophene rings is 2. The van der Waals surface area contributed by atoms with Crippen LogP contribution in [0.15, 0.2) is 176 Å². The lowest BCUT2D eigenvalue weighted by Crippen LogP contribution is -2.00. The van der Waals surface area contributed by atoms with E-state index >= 15 is 0 Å². The number of hydrogen-bond acceptors (Lipinski definition) is 7. The zero-order valence-corrected chi connectivity index (χ0v) is 31.4. The van der Waals surface area contributed by atoms with Crippen molar-refractivity contribution in [1.29, 1.82) is 0 Å². The molecule has 0 unspecified atom stereocenters. The van der Waals surface area contributed by atoms with Crippen LogP contribution in [-0.4, -0.2) is 24.9 Å². The number of nitrogens with zero attached hydrogens (tertiary/aromatic N) is 5. The van der Waals surface area contributed by atoms with E-state index < -0.39 is 0 Å². The third-order valence-corrected chi connectivity index (χ3v) is 12.5. The molecule has 0 bridgehead atoms. The molecule has 11 aromatic rings. The lowest BCUT2D eigenvalue weighted by Gasteiger charge is -2.10. The maximum atomic E-state index is 5.35. The van der Waals surface area contributed by atoms with Crippen molar-refractivity contribution in [3.8, 4) is 67.9 Å². The highest BCUT2D eigenvalue weighted by atomic mass is 32.1. The van der Waals surface area contributed by atoms with Crippen LogP contribution in [0.5, 0.6) is 0 Å². The molecule has 0 aliphatic rings. The predicted octanol–water partition coefficient (Wildman–Crippen LogP) is 13.4. The molecule has 5 nitrogen and oxygen atoms in total. The first-order valence-electron chi connectivity index (χ1n) is 18.4. The van der Waals surface area contributed by atoms with Gasteiger partial charge in [0.1, 0.15) is 0 Å². The second-order valence-electron chi connectivity index (χ2n) is 13.6. The van der Waals surface area contributed by atoms with Crippen molar-refractivity contribution in [2.45, 2.75) is 0 Å². The third kappa shape index (κ3) is 5.64. The molecule has 262 valence electrons. The van der Waals surface area contributed by atoms with Gasteiger partial charge >= 0.3 is 0 Å². The highest BCUT2D eigenvalue weighted by Crippen LogP contribution is 2.43. The van der Waals surface area contributed by atoms with Crippen LogP contribution in [0.1, 0.15) is 0 Å². The monoisotopic (exact) mass is 751 g/mol. The topological polar surface area (TPSA) is 64.5 Å². The first kappa shape index (κ1) is 32.5. The zero-order valence-electron chi connectivity index (χ0n) is 29.8. The number of hydrogen-bond donors (Lipinski definition) is 0. The smallest absolute Gasteiger partial charge is 0.164 e. The minimum Gasteiger partial charge on any atom is -0.226 e. The number of aromatic nitrogens is 5. The van der Waals surface area contributed by atoms with Gasteiger partial charge in [0.15, 0.2) is 23.3 Å². The second kappa shape index (κ2) is 13.4. The van der Waals surface area contributed by atoms with E-state index in [2.05, 4.69) is 109 Å². The first-order valence-corrected chi connectivity index (χ1v) is 20.0. The summed E-state index contributed by atoms with van der Waals surface area (Å²) < 4.78 is 4.62. The molecule has 0 aliphatic heterocycles. The van der Waals surface area contributed by atoms with Gasteiger partial charge in [0.2, 0.25) is 0 Å². The van der Waals surface area contributed by atoms with E-state index in [1.165, 1.54) is 20.5 Å².